The predicted octanol–water partition coefficient (Wildman–Crippen LogP) is 3.18. The molecule has 2 heterocycles. The molecule has 0 N–H and O–H groups in total. The van der Waals surface area contributed by atoms with Gasteiger partial charge in [0.15, 0.2) is 0 Å². The van der Waals surface area contributed by atoms with Crippen molar-refractivity contribution < 1.29 is 17.6 Å². The minimum atomic E-state index is -4.17. The minimum Gasteiger partial charge on any atom is -0.253 e. The Bertz CT molecular complexity index is 391. The van der Waals surface area contributed by atoms with Crippen LogP contribution in [0, 0.1) is 6.92 Å². The van der Waals surface area contributed by atoms with Crippen LogP contribution in [0.2, 0.25) is 0 Å². The molecule has 76 valence electrons. The van der Waals surface area contributed by atoms with Crippen molar-refractivity contribution in [2.24, 2.45) is 0 Å². The van der Waals surface area contributed by atoms with Crippen molar-refractivity contribution in [2.75, 3.05) is 0 Å². The molecular weight excluding hydrogens is 218 g/mol. The van der Waals surface area contributed by atoms with Gasteiger partial charge in [-0.05, 0) is 30.3 Å². The van der Waals surface area contributed by atoms with Crippen LogP contribution in [0.3, 0.4) is 0 Å². The number of rotatable bonds is 0. The van der Waals surface area contributed by atoms with E-state index in [1.165, 1.54) is 6.07 Å². The maximum absolute atomic E-state index is 13.0. The number of fused-ring (bicyclic) bond motifs is 1. The van der Waals surface area contributed by atoms with Gasteiger partial charge in [-0.25, -0.2) is 0 Å². The predicted molar refractivity (Wildman–Crippen MR) is 43.7 cm³/mol. The number of halogens is 4. The van der Waals surface area contributed by atoms with Crippen molar-refractivity contribution in [3.05, 3.63) is 23.5 Å². The fourth-order valence-corrected chi connectivity index (χ4v) is 2.22. The van der Waals surface area contributed by atoms with Crippen LogP contribution in [0.1, 0.15) is 11.3 Å². The van der Waals surface area contributed by atoms with Gasteiger partial charge in [-0.1, -0.05) is 0 Å². The SMILES string of the molecule is Cc1cnc2c(c1)SC(F)(F)C2(F)F. The highest BCUT2D eigenvalue weighted by Gasteiger charge is 2.65. The van der Waals surface area contributed by atoms with Gasteiger partial charge in [-0.3, -0.25) is 4.98 Å². The van der Waals surface area contributed by atoms with Crippen LogP contribution < -0.4 is 0 Å². The number of aromatic nitrogens is 1. The fraction of sp³-hybridized carbons (Fsp3) is 0.375. The van der Waals surface area contributed by atoms with E-state index >= 15 is 0 Å². The molecule has 0 saturated heterocycles. The molecule has 0 saturated carbocycles. The molecule has 0 aliphatic carbocycles. The number of hydrogen-bond acceptors (Lipinski definition) is 2. The molecule has 0 aromatic carbocycles. The summed E-state index contributed by atoms with van der Waals surface area (Å²) in [5.74, 6) is -4.17. The zero-order valence-electron chi connectivity index (χ0n) is 7.02. The molecule has 14 heavy (non-hydrogen) atoms. The van der Waals surface area contributed by atoms with Gasteiger partial charge in [-0.15, -0.1) is 0 Å². The third-order valence-corrected chi connectivity index (χ3v) is 2.93. The Kier molecular flexibility index (Phi) is 1.83. The number of aryl methyl sites for hydroxylation is 1. The molecule has 2 rings (SSSR count). The van der Waals surface area contributed by atoms with E-state index in [4.69, 9.17) is 0 Å². The van der Waals surface area contributed by atoms with E-state index in [2.05, 4.69) is 4.98 Å². The van der Waals surface area contributed by atoms with Crippen molar-refractivity contribution in [1.29, 1.82) is 0 Å². The van der Waals surface area contributed by atoms with Crippen LogP contribution >= 0.6 is 11.8 Å². The lowest BCUT2D eigenvalue weighted by Crippen LogP contribution is -2.30. The van der Waals surface area contributed by atoms with Crippen LogP contribution in [-0.2, 0) is 5.92 Å². The average molecular weight is 223 g/mol. The monoisotopic (exact) mass is 223 g/mol. The van der Waals surface area contributed by atoms with Crippen LogP contribution in [0.15, 0.2) is 17.2 Å². The van der Waals surface area contributed by atoms with Gasteiger partial charge in [0.05, 0.1) is 0 Å². The third kappa shape index (κ3) is 1.13. The van der Waals surface area contributed by atoms with Gasteiger partial charge in [0, 0.05) is 11.1 Å². The van der Waals surface area contributed by atoms with E-state index in [0.29, 0.717) is 5.56 Å². The molecule has 1 aromatic heterocycles. The van der Waals surface area contributed by atoms with Crippen molar-refractivity contribution in [3.8, 4) is 0 Å². The Balaban J connectivity index is 2.60. The van der Waals surface area contributed by atoms with E-state index < -0.39 is 16.9 Å². The molecule has 0 radical (unpaired) electrons. The van der Waals surface area contributed by atoms with Crippen LogP contribution in [0.25, 0.3) is 0 Å². The highest BCUT2D eigenvalue weighted by atomic mass is 32.2. The summed E-state index contributed by atoms with van der Waals surface area (Å²) >= 11 is -0.131. The highest BCUT2D eigenvalue weighted by Crippen LogP contribution is 2.59. The summed E-state index contributed by atoms with van der Waals surface area (Å²) in [4.78, 5) is 3.22. The van der Waals surface area contributed by atoms with Crippen molar-refractivity contribution in [1.82, 2.24) is 4.98 Å². The summed E-state index contributed by atoms with van der Waals surface area (Å²) in [6.45, 7) is 1.61. The van der Waals surface area contributed by atoms with Crippen molar-refractivity contribution >= 4 is 11.8 Å². The lowest BCUT2D eigenvalue weighted by Gasteiger charge is -2.16. The Morgan fingerprint density at radius 2 is 1.93 bits per heavy atom. The van der Waals surface area contributed by atoms with Crippen LogP contribution in [-0.4, -0.2) is 10.2 Å². The minimum absolute atomic E-state index is 0.131. The second kappa shape index (κ2) is 2.62. The molecule has 0 unspecified atom stereocenters. The molecule has 1 aromatic rings. The van der Waals surface area contributed by atoms with Crippen molar-refractivity contribution in [2.45, 2.75) is 23.0 Å². The molecule has 6 heteroatoms. The maximum Gasteiger partial charge on any atom is 0.366 e. The number of alkyl halides is 4. The first-order valence-corrected chi connectivity index (χ1v) is 4.58. The summed E-state index contributed by atoms with van der Waals surface area (Å²) in [7, 11) is 0. The zero-order chi connectivity index (χ0) is 10.6. The van der Waals surface area contributed by atoms with Gasteiger partial charge < -0.3 is 0 Å². The van der Waals surface area contributed by atoms with E-state index in [1.54, 1.807) is 6.92 Å². The third-order valence-electron chi connectivity index (χ3n) is 1.89. The molecule has 0 spiro atoms. The summed E-state index contributed by atoms with van der Waals surface area (Å²) in [5.41, 5.74) is -0.233. The van der Waals surface area contributed by atoms with Gasteiger partial charge in [0.2, 0.25) is 0 Å². The lowest BCUT2D eigenvalue weighted by molar-refractivity contribution is -0.157. The molecule has 0 atom stereocenters. The smallest absolute Gasteiger partial charge is 0.253 e. The summed E-state index contributed by atoms with van der Waals surface area (Å²) in [5, 5.41) is -4.09. The Morgan fingerprint density at radius 1 is 1.29 bits per heavy atom. The zero-order valence-corrected chi connectivity index (χ0v) is 7.84. The second-order valence-corrected chi connectivity index (χ2v) is 4.21. The van der Waals surface area contributed by atoms with Crippen LogP contribution in [0.5, 0.6) is 0 Å². The van der Waals surface area contributed by atoms with Gasteiger partial charge in [0.25, 0.3) is 0 Å². The van der Waals surface area contributed by atoms with Crippen molar-refractivity contribution in [3.63, 3.8) is 0 Å². The first-order valence-electron chi connectivity index (χ1n) is 3.76. The first kappa shape index (κ1) is 9.76. The molecule has 1 nitrogen and oxygen atoms in total. The standard InChI is InChI=1S/C8H5F4NS/c1-4-2-5-6(13-3-4)7(9,10)8(11,12)14-5/h2-3H,1H3. The number of thioether (sulfide) groups is 1. The molecular formula is C8H5F4NS. The molecule has 1 aliphatic rings. The normalized spacial score (nSPS) is 22.1. The number of pyridine rings is 1. The quantitative estimate of drug-likeness (QED) is 0.626. The molecule has 0 amide bonds. The lowest BCUT2D eigenvalue weighted by atomic mass is 10.2. The topological polar surface area (TPSA) is 12.9 Å². The number of nitrogens with zero attached hydrogens (tertiary/aromatic N) is 1. The first-order chi connectivity index (χ1) is 6.34. The Morgan fingerprint density at radius 3 is 2.57 bits per heavy atom. The average Bonchev–Trinajstić information content (AvgIpc) is 2.18. The van der Waals surface area contributed by atoms with E-state index in [-0.39, 0.29) is 16.7 Å². The highest BCUT2D eigenvalue weighted by molar-refractivity contribution is 8.00. The summed E-state index contributed by atoms with van der Waals surface area (Å²) in [6.07, 6.45) is 1.16. The Labute approximate surface area is 81.5 Å². The summed E-state index contributed by atoms with van der Waals surface area (Å²) in [6, 6.07) is 1.29. The maximum atomic E-state index is 13.0. The second-order valence-electron chi connectivity index (χ2n) is 3.05. The van der Waals surface area contributed by atoms with E-state index in [0.717, 1.165) is 6.20 Å². The molecule has 1 aliphatic heterocycles. The van der Waals surface area contributed by atoms with Gasteiger partial charge in [0.1, 0.15) is 5.69 Å². The largest absolute Gasteiger partial charge is 0.366 e. The summed E-state index contributed by atoms with van der Waals surface area (Å²) < 4.78 is 51.7. The Hall–Kier alpha value is -0.780. The van der Waals surface area contributed by atoms with Crippen LogP contribution in [0.4, 0.5) is 17.6 Å². The van der Waals surface area contributed by atoms with Gasteiger partial charge in [-0.2, -0.15) is 17.6 Å². The van der Waals surface area contributed by atoms with E-state index in [1.807, 2.05) is 0 Å². The van der Waals surface area contributed by atoms with E-state index in [9.17, 15) is 17.6 Å². The van der Waals surface area contributed by atoms with Gasteiger partial charge >= 0.3 is 11.2 Å². The number of hydrogen-bond donors (Lipinski definition) is 0. The molecule has 0 bridgehead atoms. The fourth-order valence-electron chi connectivity index (χ4n) is 1.20. The molecule has 0 fully saturated rings.